The molecule has 4 nitrogen and oxygen atoms in total. The molecule has 0 fully saturated rings. The van der Waals surface area contributed by atoms with Crippen LogP contribution in [-0.4, -0.2) is 16.3 Å². The summed E-state index contributed by atoms with van der Waals surface area (Å²) in [5.74, 6) is 0.745. The largest absolute Gasteiger partial charge is 0.353 e. The number of hydrogen-bond donors (Lipinski definition) is 1. The molecule has 2 rings (SSSR count). The molecule has 1 N–H and O–H groups in total. The molecule has 17 heavy (non-hydrogen) atoms. The van der Waals surface area contributed by atoms with E-state index in [-0.39, 0.29) is 0 Å². The van der Waals surface area contributed by atoms with E-state index in [1.165, 1.54) is 0 Å². The molecule has 1 aromatic carbocycles. The van der Waals surface area contributed by atoms with Crippen LogP contribution in [0.3, 0.4) is 0 Å². The molecule has 0 aliphatic rings. The Labute approximate surface area is 99.7 Å². The first-order valence-electron chi connectivity index (χ1n) is 5.31. The normalized spacial score (nSPS) is 10.0. The Hall–Kier alpha value is -2.23. The van der Waals surface area contributed by atoms with Crippen LogP contribution >= 0.6 is 0 Å². The SMILES string of the molecule is Cc1ncc(Nc2cccc(C=O)c2)c(C)n1. The van der Waals surface area contributed by atoms with Crippen LogP contribution in [0.4, 0.5) is 11.4 Å². The third kappa shape index (κ3) is 2.66. The first-order valence-corrected chi connectivity index (χ1v) is 5.31. The van der Waals surface area contributed by atoms with E-state index in [9.17, 15) is 4.79 Å². The maximum absolute atomic E-state index is 10.7. The minimum atomic E-state index is 0.640. The highest BCUT2D eigenvalue weighted by Crippen LogP contribution is 2.18. The summed E-state index contributed by atoms with van der Waals surface area (Å²) in [7, 11) is 0. The van der Waals surface area contributed by atoms with Gasteiger partial charge < -0.3 is 5.32 Å². The Morgan fingerprint density at radius 2 is 2.12 bits per heavy atom. The summed E-state index contributed by atoms with van der Waals surface area (Å²) in [4.78, 5) is 19.1. The molecule has 1 heterocycles. The molecule has 0 bridgehead atoms. The van der Waals surface area contributed by atoms with Gasteiger partial charge in [0, 0.05) is 11.3 Å². The van der Waals surface area contributed by atoms with Gasteiger partial charge in [0.1, 0.15) is 12.1 Å². The van der Waals surface area contributed by atoms with Gasteiger partial charge in [-0.25, -0.2) is 9.97 Å². The number of carbonyl (C=O) groups is 1. The van der Waals surface area contributed by atoms with E-state index in [2.05, 4.69) is 15.3 Å². The summed E-state index contributed by atoms with van der Waals surface area (Å²) in [5.41, 5.74) is 3.22. The van der Waals surface area contributed by atoms with Crippen LogP contribution in [0.15, 0.2) is 30.5 Å². The number of aromatic nitrogens is 2. The lowest BCUT2D eigenvalue weighted by molar-refractivity contribution is 0.112. The topological polar surface area (TPSA) is 54.9 Å². The number of rotatable bonds is 3. The fourth-order valence-corrected chi connectivity index (χ4v) is 1.55. The van der Waals surface area contributed by atoms with Gasteiger partial charge in [-0.15, -0.1) is 0 Å². The van der Waals surface area contributed by atoms with Crippen LogP contribution in [0, 0.1) is 13.8 Å². The monoisotopic (exact) mass is 227 g/mol. The number of nitrogens with zero attached hydrogens (tertiary/aromatic N) is 2. The molecule has 0 atom stereocenters. The van der Waals surface area contributed by atoms with Gasteiger partial charge in [-0.2, -0.15) is 0 Å². The van der Waals surface area contributed by atoms with E-state index in [4.69, 9.17) is 0 Å². The van der Waals surface area contributed by atoms with Gasteiger partial charge in [0.2, 0.25) is 0 Å². The lowest BCUT2D eigenvalue weighted by atomic mass is 10.2. The molecule has 0 unspecified atom stereocenters. The summed E-state index contributed by atoms with van der Waals surface area (Å²) in [6, 6.07) is 7.27. The minimum absolute atomic E-state index is 0.640. The molecule has 1 aromatic heterocycles. The van der Waals surface area contributed by atoms with Gasteiger partial charge in [0.25, 0.3) is 0 Å². The van der Waals surface area contributed by atoms with Crippen LogP contribution in [0.2, 0.25) is 0 Å². The fraction of sp³-hybridized carbons (Fsp3) is 0.154. The molecule has 0 aliphatic heterocycles. The van der Waals surface area contributed by atoms with Crippen LogP contribution in [0.1, 0.15) is 21.9 Å². The zero-order chi connectivity index (χ0) is 12.3. The van der Waals surface area contributed by atoms with Crippen molar-refractivity contribution in [2.24, 2.45) is 0 Å². The summed E-state index contributed by atoms with van der Waals surface area (Å²) in [6.07, 6.45) is 2.56. The molecule has 2 aromatic rings. The number of aldehydes is 1. The molecule has 0 saturated carbocycles. The Morgan fingerprint density at radius 1 is 1.29 bits per heavy atom. The highest BCUT2D eigenvalue weighted by molar-refractivity contribution is 5.77. The second-order valence-corrected chi connectivity index (χ2v) is 3.78. The number of hydrogen-bond acceptors (Lipinski definition) is 4. The highest BCUT2D eigenvalue weighted by atomic mass is 16.1. The van der Waals surface area contributed by atoms with Crippen molar-refractivity contribution in [3.05, 3.63) is 47.5 Å². The maximum atomic E-state index is 10.7. The van der Waals surface area contributed by atoms with Crippen molar-refractivity contribution in [2.75, 3.05) is 5.32 Å². The van der Waals surface area contributed by atoms with Crippen molar-refractivity contribution in [2.45, 2.75) is 13.8 Å². The molecule has 0 spiro atoms. The molecular weight excluding hydrogens is 214 g/mol. The van der Waals surface area contributed by atoms with Crippen molar-refractivity contribution in [1.29, 1.82) is 0 Å². The zero-order valence-corrected chi connectivity index (χ0v) is 9.77. The molecule has 0 radical (unpaired) electrons. The van der Waals surface area contributed by atoms with E-state index in [0.29, 0.717) is 5.56 Å². The first kappa shape index (κ1) is 11.3. The van der Waals surface area contributed by atoms with Gasteiger partial charge in [0.15, 0.2) is 0 Å². The van der Waals surface area contributed by atoms with Crippen LogP contribution in [0.25, 0.3) is 0 Å². The lowest BCUT2D eigenvalue weighted by Crippen LogP contribution is -1.99. The lowest BCUT2D eigenvalue weighted by Gasteiger charge is -2.09. The summed E-state index contributed by atoms with van der Waals surface area (Å²) < 4.78 is 0. The first-order chi connectivity index (χ1) is 8.19. The van der Waals surface area contributed by atoms with E-state index < -0.39 is 0 Å². The van der Waals surface area contributed by atoms with Crippen molar-refractivity contribution in [3.8, 4) is 0 Å². The van der Waals surface area contributed by atoms with Crippen molar-refractivity contribution >= 4 is 17.7 Å². The number of anilines is 2. The molecule has 4 heteroatoms. The molecule has 86 valence electrons. The maximum Gasteiger partial charge on any atom is 0.150 e. The fourth-order valence-electron chi connectivity index (χ4n) is 1.55. The van der Waals surface area contributed by atoms with Crippen molar-refractivity contribution in [1.82, 2.24) is 9.97 Å². The predicted molar refractivity (Wildman–Crippen MR) is 66.6 cm³/mol. The van der Waals surface area contributed by atoms with Crippen molar-refractivity contribution < 1.29 is 4.79 Å². The highest BCUT2D eigenvalue weighted by Gasteiger charge is 2.01. The van der Waals surface area contributed by atoms with Crippen LogP contribution < -0.4 is 5.32 Å². The van der Waals surface area contributed by atoms with E-state index >= 15 is 0 Å². The Kier molecular flexibility index (Phi) is 3.14. The smallest absolute Gasteiger partial charge is 0.150 e. The molecule has 0 saturated heterocycles. The van der Waals surface area contributed by atoms with Gasteiger partial charge >= 0.3 is 0 Å². The van der Waals surface area contributed by atoms with Gasteiger partial charge in [0.05, 0.1) is 17.6 Å². The van der Waals surface area contributed by atoms with Gasteiger partial charge in [-0.1, -0.05) is 12.1 Å². The predicted octanol–water partition coefficient (Wildman–Crippen LogP) is 2.65. The van der Waals surface area contributed by atoms with Crippen LogP contribution in [-0.2, 0) is 0 Å². The average molecular weight is 227 g/mol. The summed E-state index contributed by atoms with van der Waals surface area (Å²) in [6.45, 7) is 3.77. The van der Waals surface area contributed by atoms with Crippen LogP contribution in [0.5, 0.6) is 0 Å². The second-order valence-electron chi connectivity index (χ2n) is 3.78. The minimum Gasteiger partial charge on any atom is -0.353 e. The third-order valence-corrected chi connectivity index (χ3v) is 2.40. The van der Waals surface area contributed by atoms with E-state index in [1.807, 2.05) is 26.0 Å². The zero-order valence-electron chi connectivity index (χ0n) is 9.77. The standard InChI is InChI=1S/C13H13N3O/c1-9-13(7-14-10(2)15-9)16-12-5-3-4-11(6-12)8-17/h3-8,16H,1-2H3. The van der Waals surface area contributed by atoms with Crippen molar-refractivity contribution in [3.63, 3.8) is 0 Å². The van der Waals surface area contributed by atoms with Gasteiger partial charge in [-0.05, 0) is 26.0 Å². The number of nitrogens with one attached hydrogen (secondary N) is 1. The Balaban J connectivity index is 2.27. The number of aryl methyl sites for hydroxylation is 2. The Morgan fingerprint density at radius 3 is 2.82 bits per heavy atom. The third-order valence-electron chi connectivity index (χ3n) is 2.40. The average Bonchev–Trinajstić information content (AvgIpc) is 2.33. The molecular formula is C13H13N3O. The number of carbonyl (C=O) groups excluding carboxylic acids is 1. The number of benzene rings is 1. The van der Waals surface area contributed by atoms with Gasteiger partial charge in [-0.3, -0.25) is 4.79 Å². The van der Waals surface area contributed by atoms with E-state index in [1.54, 1.807) is 18.3 Å². The summed E-state index contributed by atoms with van der Waals surface area (Å²) in [5, 5.41) is 3.19. The molecule has 0 amide bonds. The molecule has 0 aliphatic carbocycles. The summed E-state index contributed by atoms with van der Waals surface area (Å²) >= 11 is 0. The van der Waals surface area contributed by atoms with E-state index in [0.717, 1.165) is 29.2 Å². The Bertz CT molecular complexity index is 552. The quantitative estimate of drug-likeness (QED) is 0.819. The second kappa shape index (κ2) is 4.74.